The average Bonchev–Trinajstić information content (AvgIpc) is 2.72. The number of nitrogens with zero attached hydrogens (tertiary/aromatic N) is 2. The van der Waals surface area contributed by atoms with Crippen LogP contribution in [0, 0.1) is 0 Å². The van der Waals surface area contributed by atoms with E-state index in [0.717, 1.165) is 17.8 Å². The van der Waals surface area contributed by atoms with E-state index < -0.39 is 0 Å². The van der Waals surface area contributed by atoms with Crippen molar-refractivity contribution in [2.45, 2.75) is 6.92 Å². The van der Waals surface area contributed by atoms with Crippen molar-refractivity contribution < 1.29 is 0 Å². The summed E-state index contributed by atoms with van der Waals surface area (Å²) in [6.45, 7) is 2.85. The highest BCUT2D eigenvalue weighted by molar-refractivity contribution is 5.57. The maximum atomic E-state index is 4.18. The molecular weight excluding hydrogens is 176 g/mol. The zero-order valence-corrected chi connectivity index (χ0v) is 7.99. The average molecular weight is 188 g/mol. The molecule has 0 unspecified atom stereocenters. The lowest BCUT2D eigenvalue weighted by Crippen LogP contribution is -2.01. The molecule has 0 fully saturated rings. The Bertz CT molecular complexity index is 377. The van der Waals surface area contributed by atoms with Crippen molar-refractivity contribution in [1.82, 2.24) is 15.0 Å². The Labute approximate surface area is 82.4 Å². The summed E-state index contributed by atoms with van der Waals surface area (Å²) in [6, 6.07) is 3.94. The van der Waals surface area contributed by atoms with E-state index in [1.807, 2.05) is 25.3 Å². The lowest BCUT2D eigenvalue weighted by atomic mass is 10.2. The molecule has 0 aliphatic heterocycles. The van der Waals surface area contributed by atoms with Gasteiger partial charge in [0.05, 0.1) is 0 Å². The van der Waals surface area contributed by atoms with Crippen molar-refractivity contribution in [3.63, 3.8) is 0 Å². The molecule has 0 aliphatic rings. The van der Waals surface area contributed by atoms with Crippen LogP contribution < -0.4 is 5.32 Å². The minimum Gasteiger partial charge on any atom is -0.361 e. The number of rotatable bonds is 3. The van der Waals surface area contributed by atoms with E-state index >= 15 is 0 Å². The monoisotopic (exact) mass is 188 g/mol. The Hall–Kier alpha value is -1.84. The van der Waals surface area contributed by atoms with Gasteiger partial charge in [0.1, 0.15) is 0 Å². The first-order valence-corrected chi connectivity index (χ1v) is 4.60. The largest absolute Gasteiger partial charge is 0.361 e. The molecule has 0 aromatic carbocycles. The zero-order chi connectivity index (χ0) is 9.80. The summed E-state index contributed by atoms with van der Waals surface area (Å²) < 4.78 is 0. The summed E-state index contributed by atoms with van der Waals surface area (Å²) in [5, 5.41) is 3.05. The predicted octanol–water partition coefficient (Wildman–Crippen LogP) is 1.90. The zero-order valence-electron chi connectivity index (χ0n) is 7.99. The van der Waals surface area contributed by atoms with Crippen molar-refractivity contribution in [3.05, 3.63) is 30.7 Å². The number of H-pyrrole nitrogens is 1. The predicted molar refractivity (Wildman–Crippen MR) is 56.0 cm³/mol. The van der Waals surface area contributed by atoms with Crippen LogP contribution in [-0.2, 0) is 0 Å². The maximum Gasteiger partial charge on any atom is 0.222 e. The van der Waals surface area contributed by atoms with Gasteiger partial charge in [0.25, 0.3) is 0 Å². The molecule has 2 rings (SSSR count). The quantitative estimate of drug-likeness (QED) is 0.773. The molecule has 4 nitrogen and oxygen atoms in total. The maximum absolute atomic E-state index is 4.18. The molecule has 0 aliphatic carbocycles. The smallest absolute Gasteiger partial charge is 0.222 e. The SMILES string of the molecule is CCNc1ncc(-c2ccc[nH]2)cn1. The van der Waals surface area contributed by atoms with Crippen LogP contribution in [0.3, 0.4) is 0 Å². The first kappa shape index (κ1) is 8.74. The molecule has 0 bridgehead atoms. The Morgan fingerprint density at radius 1 is 1.36 bits per heavy atom. The van der Waals surface area contributed by atoms with Crippen LogP contribution in [0.4, 0.5) is 5.95 Å². The van der Waals surface area contributed by atoms with Gasteiger partial charge in [-0.3, -0.25) is 0 Å². The molecule has 2 aromatic rings. The fourth-order valence-electron chi connectivity index (χ4n) is 1.23. The van der Waals surface area contributed by atoms with Crippen molar-refractivity contribution in [3.8, 4) is 11.3 Å². The van der Waals surface area contributed by atoms with E-state index in [2.05, 4.69) is 20.3 Å². The topological polar surface area (TPSA) is 53.6 Å². The van der Waals surface area contributed by atoms with Crippen LogP contribution in [0.5, 0.6) is 0 Å². The van der Waals surface area contributed by atoms with E-state index in [1.165, 1.54) is 0 Å². The van der Waals surface area contributed by atoms with Crippen LogP contribution in [-0.4, -0.2) is 21.5 Å². The number of aromatic amines is 1. The highest BCUT2D eigenvalue weighted by atomic mass is 15.1. The van der Waals surface area contributed by atoms with Gasteiger partial charge in [0.15, 0.2) is 0 Å². The van der Waals surface area contributed by atoms with Gasteiger partial charge in [-0.2, -0.15) is 0 Å². The lowest BCUT2D eigenvalue weighted by Gasteiger charge is -2.01. The van der Waals surface area contributed by atoms with Crippen LogP contribution in [0.15, 0.2) is 30.7 Å². The summed E-state index contributed by atoms with van der Waals surface area (Å²) in [4.78, 5) is 11.5. The molecule has 14 heavy (non-hydrogen) atoms. The summed E-state index contributed by atoms with van der Waals surface area (Å²) in [6.07, 6.45) is 5.49. The number of nitrogens with one attached hydrogen (secondary N) is 2. The molecule has 0 atom stereocenters. The highest BCUT2D eigenvalue weighted by Gasteiger charge is 1.99. The second kappa shape index (κ2) is 3.91. The van der Waals surface area contributed by atoms with Gasteiger partial charge in [0, 0.05) is 36.4 Å². The van der Waals surface area contributed by atoms with E-state index in [-0.39, 0.29) is 0 Å². The van der Waals surface area contributed by atoms with Crippen LogP contribution in [0.25, 0.3) is 11.3 Å². The first-order valence-electron chi connectivity index (χ1n) is 4.60. The van der Waals surface area contributed by atoms with Crippen molar-refractivity contribution in [2.24, 2.45) is 0 Å². The van der Waals surface area contributed by atoms with Gasteiger partial charge < -0.3 is 10.3 Å². The second-order valence-corrected chi connectivity index (χ2v) is 2.91. The molecule has 0 spiro atoms. The van der Waals surface area contributed by atoms with Gasteiger partial charge in [-0.25, -0.2) is 9.97 Å². The minimum atomic E-state index is 0.669. The van der Waals surface area contributed by atoms with Gasteiger partial charge in [-0.1, -0.05) is 0 Å². The van der Waals surface area contributed by atoms with Gasteiger partial charge >= 0.3 is 0 Å². The normalized spacial score (nSPS) is 10.1. The highest BCUT2D eigenvalue weighted by Crippen LogP contribution is 2.14. The fourth-order valence-corrected chi connectivity index (χ4v) is 1.23. The number of aromatic nitrogens is 3. The van der Waals surface area contributed by atoms with Gasteiger partial charge in [-0.05, 0) is 19.1 Å². The summed E-state index contributed by atoms with van der Waals surface area (Å²) in [5.41, 5.74) is 2.03. The van der Waals surface area contributed by atoms with Gasteiger partial charge in [-0.15, -0.1) is 0 Å². The van der Waals surface area contributed by atoms with Gasteiger partial charge in [0.2, 0.25) is 5.95 Å². The van der Waals surface area contributed by atoms with E-state index in [1.54, 1.807) is 12.4 Å². The number of anilines is 1. The first-order chi connectivity index (χ1) is 6.90. The summed E-state index contributed by atoms with van der Waals surface area (Å²) in [5.74, 6) is 0.669. The van der Waals surface area contributed by atoms with Crippen molar-refractivity contribution >= 4 is 5.95 Å². The number of hydrogen-bond acceptors (Lipinski definition) is 3. The fraction of sp³-hybridized carbons (Fsp3) is 0.200. The van der Waals surface area contributed by atoms with Crippen LogP contribution in [0.1, 0.15) is 6.92 Å². The molecule has 0 radical (unpaired) electrons. The lowest BCUT2D eigenvalue weighted by molar-refractivity contribution is 1.08. The van der Waals surface area contributed by atoms with E-state index in [9.17, 15) is 0 Å². The minimum absolute atomic E-state index is 0.669. The molecular formula is C10H12N4. The molecule has 2 aromatic heterocycles. The molecule has 72 valence electrons. The van der Waals surface area contributed by atoms with Crippen molar-refractivity contribution in [1.29, 1.82) is 0 Å². The molecule has 0 amide bonds. The van der Waals surface area contributed by atoms with E-state index in [4.69, 9.17) is 0 Å². The van der Waals surface area contributed by atoms with Crippen molar-refractivity contribution in [2.75, 3.05) is 11.9 Å². The molecule has 0 saturated carbocycles. The Balaban J connectivity index is 2.22. The van der Waals surface area contributed by atoms with Crippen LogP contribution >= 0.6 is 0 Å². The third-order valence-electron chi connectivity index (χ3n) is 1.90. The third kappa shape index (κ3) is 1.74. The molecule has 0 saturated heterocycles. The summed E-state index contributed by atoms with van der Waals surface area (Å²) in [7, 11) is 0. The number of hydrogen-bond donors (Lipinski definition) is 2. The molecule has 2 N–H and O–H groups in total. The Kier molecular flexibility index (Phi) is 2.44. The van der Waals surface area contributed by atoms with Crippen LogP contribution in [0.2, 0.25) is 0 Å². The summed E-state index contributed by atoms with van der Waals surface area (Å²) >= 11 is 0. The molecule has 4 heteroatoms. The Morgan fingerprint density at radius 2 is 2.14 bits per heavy atom. The molecule has 2 heterocycles. The third-order valence-corrected chi connectivity index (χ3v) is 1.90. The standard InChI is InChI=1S/C10H12N4/c1-2-11-10-13-6-8(7-14-10)9-4-3-5-12-9/h3-7,12H,2H2,1H3,(H,11,13,14). The van der Waals surface area contributed by atoms with E-state index in [0.29, 0.717) is 5.95 Å². The Morgan fingerprint density at radius 3 is 2.71 bits per heavy atom. The second-order valence-electron chi connectivity index (χ2n) is 2.91.